The molecule has 0 spiro atoms. The molecular weight excluding hydrogens is 476 g/mol. The molecule has 9 nitrogen and oxygen atoms in total. The SMILES string of the molecule is Cn1c(CN2CCC(C(C)(C)C)CC2)nc2c(N3CCOCC3)nc(-c3cnc(N)c4ccccc34)nc21. The highest BCUT2D eigenvalue weighted by Gasteiger charge is 2.30. The molecule has 0 atom stereocenters. The fourth-order valence-corrected chi connectivity index (χ4v) is 5.90. The van der Waals surface area contributed by atoms with Gasteiger partial charge >= 0.3 is 0 Å². The number of hydrogen-bond donors (Lipinski definition) is 1. The predicted octanol–water partition coefficient (Wildman–Crippen LogP) is 4.26. The number of fused-ring (bicyclic) bond motifs is 2. The molecule has 200 valence electrons. The number of morpholine rings is 1. The molecular formula is C29H38N8O. The lowest BCUT2D eigenvalue weighted by Gasteiger charge is -2.38. The van der Waals surface area contributed by atoms with Gasteiger partial charge in [-0.1, -0.05) is 45.0 Å². The second kappa shape index (κ2) is 9.78. The lowest BCUT2D eigenvalue weighted by molar-refractivity contribution is 0.106. The van der Waals surface area contributed by atoms with Gasteiger partial charge in [0.1, 0.15) is 11.6 Å². The van der Waals surface area contributed by atoms with Crippen molar-refractivity contribution in [3.8, 4) is 11.4 Å². The molecule has 0 saturated carbocycles. The fourth-order valence-electron chi connectivity index (χ4n) is 5.90. The molecule has 3 aromatic heterocycles. The van der Waals surface area contributed by atoms with Gasteiger partial charge in [0.25, 0.3) is 0 Å². The number of benzene rings is 1. The van der Waals surface area contributed by atoms with Gasteiger partial charge in [-0.15, -0.1) is 0 Å². The van der Waals surface area contributed by atoms with Gasteiger partial charge in [-0.2, -0.15) is 0 Å². The van der Waals surface area contributed by atoms with Gasteiger partial charge in [0.05, 0.1) is 19.8 Å². The number of pyridine rings is 1. The third-order valence-electron chi connectivity index (χ3n) is 8.35. The van der Waals surface area contributed by atoms with Crippen molar-refractivity contribution < 1.29 is 4.74 Å². The molecule has 38 heavy (non-hydrogen) atoms. The van der Waals surface area contributed by atoms with Crippen molar-refractivity contribution >= 4 is 33.6 Å². The summed E-state index contributed by atoms with van der Waals surface area (Å²) in [5, 5.41) is 1.90. The normalized spacial score (nSPS) is 18.1. The molecule has 0 radical (unpaired) electrons. The highest BCUT2D eigenvalue weighted by atomic mass is 16.5. The average Bonchev–Trinajstić information content (AvgIpc) is 3.23. The minimum atomic E-state index is 0.365. The van der Waals surface area contributed by atoms with E-state index in [9.17, 15) is 0 Å². The first-order valence-corrected chi connectivity index (χ1v) is 13.7. The molecule has 2 aliphatic heterocycles. The highest BCUT2D eigenvalue weighted by Crippen LogP contribution is 2.36. The maximum atomic E-state index is 6.20. The molecule has 2 N–H and O–H groups in total. The van der Waals surface area contributed by atoms with Gasteiger partial charge < -0.3 is 19.9 Å². The molecule has 6 rings (SSSR count). The van der Waals surface area contributed by atoms with Gasteiger partial charge in [-0.05, 0) is 42.7 Å². The Morgan fingerprint density at radius 1 is 0.974 bits per heavy atom. The Morgan fingerprint density at radius 3 is 2.39 bits per heavy atom. The number of rotatable bonds is 4. The summed E-state index contributed by atoms with van der Waals surface area (Å²) in [6.45, 7) is 13.0. The van der Waals surface area contributed by atoms with Crippen LogP contribution in [0.1, 0.15) is 39.4 Å². The minimum Gasteiger partial charge on any atom is -0.383 e. The molecule has 0 bridgehead atoms. The van der Waals surface area contributed by atoms with E-state index in [1.54, 1.807) is 6.20 Å². The summed E-state index contributed by atoms with van der Waals surface area (Å²) >= 11 is 0. The van der Waals surface area contributed by atoms with Crippen LogP contribution in [0, 0.1) is 11.3 Å². The topological polar surface area (TPSA) is 98.2 Å². The number of piperidine rings is 1. The quantitative estimate of drug-likeness (QED) is 0.432. The van der Waals surface area contributed by atoms with E-state index < -0.39 is 0 Å². The number of imidazole rings is 1. The van der Waals surface area contributed by atoms with Crippen LogP contribution in [0.5, 0.6) is 0 Å². The first kappa shape index (κ1) is 25.0. The Hall–Kier alpha value is -3.30. The van der Waals surface area contributed by atoms with E-state index in [4.69, 9.17) is 25.4 Å². The molecule has 1 aromatic carbocycles. The Balaban J connectivity index is 1.41. The van der Waals surface area contributed by atoms with Crippen LogP contribution in [-0.4, -0.2) is 68.8 Å². The zero-order valence-electron chi connectivity index (χ0n) is 22.9. The van der Waals surface area contributed by atoms with Crippen molar-refractivity contribution in [2.45, 2.75) is 40.2 Å². The highest BCUT2D eigenvalue weighted by molar-refractivity contribution is 6.00. The monoisotopic (exact) mass is 514 g/mol. The lowest BCUT2D eigenvalue weighted by Crippen LogP contribution is -2.38. The van der Waals surface area contributed by atoms with E-state index in [1.165, 1.54) is 12.8 Å². The van der Waals surface area contributed by atoms with Crippen molar-refractivity contribution in [3.05, 3.63) is 36.3 Å². The largest absolute Gasteiger partial charge is 0.383 e. The first-order valence-electron chi connectivity index (χ1n) is 13.7. The van der Waals surface area contributed by atoms with Crippen LogP contribution in [-0.2, 0) is 18.3 Å². The van der Waals surface area contributed by atoms with Crippen LogP contribution in [0.15, 0.2) is 30.5 Å². The molecule has 0 unspecified atom stereocenters. The van der Waals surface area contributed by atoms with E-state index >= 15 is 0 Å². The standard InChI is InChI=1S/C29H38N8O/c1-29(2,3)19-9-11-36(12-10-19)18-23-32-24-27(35(23)4)33-26(34-28(24)37-13-15-38-16-14-37)22-17-31-25(30)21-8-6-5-7-20(21)22/h5-8,17,19H,9-16,18H2,1-4H3,(H2,30,31). The number of hydrogen-bond acceptors (Lipinski definition) is 8. The van der Waals surface area contributed by atoms with Gasteiger partial charge in [0.2, 0.25) is 0 Å². The fraction of sp³-hybridized carbons (Fsp3) is 0.517. The zero-order chi connectivity index (χ0) is 26.4. The van der Waals surface area contributed by atoms with E-state index in [1.807, 2.05) is 18.2 Å². The van der Waals surface area contributed by atoms with Crippen LogP contribution in [0.3, 0.4) is 0 Å². The molecule has 5 heterocycles. The number of nitrogen functional groups attached to an aromatic ring is 1. The average molecular weight is 515 g/mol. The van der Waals surface area contributed by atoms with Crippen LogP contribution >= 0.6 is 0 Å². The maximum Gasteiger partial charge on any atom is 0.166 e. The van der Waals surface area contributed by atoms with Crippen LogP contribution < -0.4 is 10.6 Å². The van der Waals surface area contributed by atoms with Gasteiger partial charge in [-0.25, -0.2) is 19.9 Å². The summed E-state index contributed by atoms with van der Waals surface area (Å²) in [5.74, 6) is 3.81. The van der Waals surface area contributed by atoms with Crippen molar-refractivity contribution in [2.24, 2.45) is 18.4 Å². The van der Waals surface area contributed by atoms with E-state index in [2.05, 4.69) is 53.2 Å². The van der Waals surface area contributed by atoms with Crippen LogP contribution in [0.25, 0.3) is 33.3 Å². The number of nitrogens with two attached hydrogens (primary N) is 1. The smallest absolute Gasteiger partial charge is 0.166 e. The Kier molecular flexibility index (Phi) is 6.44. The number of anilines is 2. The summed E-state index contributed by atoms with van der Waals surface area (Å²) in [4.78, 5) is 24.6. The lowest BCUT2D eigenvalue weighted by atomic mass is 9.75. The molecule has 0 aliphatic carbocycles. The van der Waals surface area contributed by atoms with Crippen molar-refractivity contribution in [1.29, 1.82) is 0 Å². The predicted molar refractivity (Wildman–Crippen MR) is 152 cm³/mol. The summed E-state index contributed by atoms with van der Waals surface area (Å²) in [6, 6.07) is 8.04. The third-order valence-corrected chi connectivity index (χ3v) is 8.35. The van der Waals surface area contributed by atoms with E-state index in [-0.39, 0.29) is 0 Å². The number of aryl methyl sites for hydroxylation is 1. The Morgan fingerprint density at radius 2 is 1.68 bits per heavy atom. The van der Waals surface area contributed by atoms with Crippen LogP contribution in [0.4, 0.5) is 11.6 Å². The second-order valence-corrected chi connectivity index (χ2v) is 11.7. The maximum absolute atomic E-state index is 6.20. The van der Waals surface area contributed by atoms with Crippen molar-refractivity contribution in [2.75, 3.05) is 50.0 Å². The summed E-state index contributed by atoms with van der Waals surface area (Å²) < 4.78 is 7.79. The van der Waals surface area contributed by atoms with Crippen LogP contribution in [0.2, 0.25) is 0 Å². The Bertz CT molecular complexity index is 1460. The van der Waals surface area contributed by atoms with Gasteiger partial charge in [-0.3, -0.25) is 4.90 Å². The second-order valence-electron chi connectivity index (χ2n) is 11.7. The molecule has 2 aliphatic rings. The summed E-state index contributed by atoms with van der Waals surface area (Å²) in [6.07, 6.45) is 4.25. The summed E-state index contributed by atoms with van der Waals surface area (Å²) in [5.41, 5.74) is 9.13. The van der Waals surface area contributed by atoms with E-state index in [0.717, 1.165) is 77.8 Å². The van der Waals surface area contributed by atoms with Crippen molar-refractivity contribution in [1.82, 2.24) is 29.4 Å². The first-order chi connectivity index (χ1) is 18.3. The minimum absolute atomic E-state index is 0.365. The number of ether oxygens (including phenoxy) is 1. The molecule has 2 saturated heterocycles. The number of nitrogens with zero attached hydrogens (tertiary/aromatic N) is 7. The van der Waals surface area contributed by atoms with E-state index in [0.29, 0.717) is 30.3 Å². The number of aromatic nitrogens is 5. The Labute approximate surface area is 224 Å². The molecule has 0 amide bonds. The zero-order valence-corrected chi connectivity index (χ0v) is 22.9. The van der Waals surface area contributed by atoms with Gasteiger partial charge in [0, 0.05) is 37.3 Å². The van der Waals surface area contributed by atoms with Gasteiger partial charge in [0.15, 0.2) is 22.8 Å². The summed E-state index contributed by atoms with van der Waals surface area (Å²) in [7, 11) is 2.08. The third kappa shape index (κ3) is 4.58. The molecule has 9 heteroatoms. The van der Waals surface area contributed by atoms with Crippen molar-refractivity contribution in [3.63, 3.8) is 0 Å². The molecule has 4 aromatic rings. The molecule has 2 fully saturated rings. The number of likely N-dealkylation sites (tertiary alicyclic amines) is 1.